The summed E-state index contributed by atoms with van der Waals surface area (Å²) < 4.78 is 0. The maximum atomic E-state index is 3.44. The van der Waals surface area contributed by atoms with Crippen molar-refractivity contribution in [2.75, 3.05) is 19.6 Å². The third-order valence-electron chi connectivity index (χ3n) is 3.68. The average Bonchev–Trinajstić information content (AvgIpc) is 2.77. The van der Waals surface area contributed by atoms with Gasteiger partial charge in [0.05, 0.1) is 0 Å². The molecule has 82 valence electrons. The van der Waals surface area contributed by atoms with Gasteiger partial charge in [-0.1, -0.05) is 0 Å². The highest BCUT2D eigenvalue weighted by Crippen LogP contribution is 2.27. The fourth-order valence-electron chi connectivity index (χ4n) is 2.74. The largest absolute Gasteiger partial charge is 0.317 e. The number of thiophene rings is 1. The van der Waals surface area contributed by atoms with Crippen molar-refractivity contribution < 1.29 is 0 Å². The number of nitrogens with zero attached hydrogens (tertiary/aromatic N) is 1. The van der Waals surface area contributed by atoms with Crippen LogP contribution in [-0.4, -0.2) is 30.6 Å². The van der Waals surface area contributed by atoms with E-state index in [1.54, 1.807) is 10.4 Å². The molecule has 3 rings (SSSR count). The van der Waals surface area contributed by atoms with Gasteiger partial charge in [0.2, 0.25) is 0 Å². The van der Waals surface area contributed by atoms with Crippen LogP contribution in [0.1, 0.15) is 23.3 Å². The van der Waals surface area contributed by atoms with E-state index in [-0.39, 0.29) is 0 Å². The minimum atomic E-state index is 0.835. The second-order valence-electron chi connectivity index (χ2n) is 4.57. The topological polar surface area (TPSA) is 15.3 Å². The van der Waals surface area contributed by atoms with Crippen molar-refractivity contribution in [1.29, 1.82) is 0 Å². The fraction of sp³-hybridized carbons (Fsp3) is 0.667. The van der Waals surface area contributed by atoms with Gasteiger partial charge in [0, 0.05) is 24.0 Å². The summed E-state index contributed by atoms with van der Waals surface area (Å²) in [6.45, 7) is 4.89. The lowest BCUT2D eigenvalue weighted by Gasteiger charge is -2.36. The normalized spacial score (nSPS) is 24.0. The molecule has 0 bridgehead atoms. The first-order valence-corrected chi connectivity index (χ1v) is 6.81. The fourth-order valence-corrected chi connectivity index (χ4v) is 3.70. The van der Waals surface area contributed by atoms with Crippen LogP contribution in [0.15, 0.2) is 11.4 Å². The zero-order valence-corrected chi connectivity index (χ0v) is 9.85. The summed E-state index contributed by atoms with van der Waals surface area (Å²) in [7, 11) is 0. The molecule has 0 aromatic carbocycles. The van der Waals surface area contributed by atoms with Crippen LogP contribution in [0.2, 0.25) is 0 Å². The first-order valence-electron chi connectivity index (χ1n) is 5.93. The molecule has 3 heterocycles. The molecule has 0 spiro atoms. The lowest BCUT2D eigenvalue weighted by atomic mass is 10.0. The third-order valence-corrected chi connectivity index (χ3v) is 4.63. The van der Waals surface area contributed by atoms with E-state index in [4.69, 9.17) is 0 Å². The minimum absolute atomic E-state index is 0.835. The Balaban J connectivity index is 1.69. The van der Waals surface area contributed by atoms with Crippen LogP contribution in [0.5, 0.6) is 0 Å². The van der Waals surface area contributed by atoms with E-state index < -0.39 is 0 Å². The molecular formula is C12H18N2S. The van der Waals surface area contributed by atoms with Gasteiger partial charge in [-0.15, -0.1) is 11.3 Å². The van der Waals surface area contributed by atoms with E-state index >= 15 is 0 Å². The van der Waals surface area contributed by atoms with E-state index in [2.05, 4.69) is 21.7 Å². The maximum Gasteiger partial charge on any atom is 0.0333 e. The van der Waals surface area contributed by atoms with Gasteiger partial charge in [-0.3, -0.25) is 4.90 Å². The number of rotatable bonds is 1. The van der Waals surface area contributed by atoms with Crippen molar-refractivity contribution in [3.63, 3.8) is 0 Å². The van der Waals surface area contributed by atoms with Gasteiger partial charge in [0.15, 0.2) is 0 Å². The van der Waals surface area contributed by atoms with E-state index in [1.807, 2.05) is 11.3 Å². The van der Waals surface area contributed by atoms with Crippen molar-refractivity contribution in [1.82, 2.24) is 10.2 Å². The quantitative estimate of drug-likeness (QED) is 0.780. The van der Waals surface area contributed by atoms with E-state index in [9.17, 15) is 0 Å². The van der Waals surface area contributed by atoms with Crippen molar-refractivity contribution >= 4 is 11.3 Å². The maximum absolute atomic E-state index is 3.44. The second-order valence-corrected chi connectivity index (χ2v) is 5.57. The van der Waals surface area contributed by atoms with Crippen LogP contribution >= 0.6 is 11.3 Å². The Bertz CT molecular complexity index is 328. The van der Waals surface area contributed by atoms with Gasteiger partial charge in [-0.25, -0.2) is 0 Å². The highest BCUT2D eigenvalue weighted by molar-refractivity contribution is 7.10. The van der Waals surface area contributed by atoms with Gasteiger partial charge in [0.1, 0.15) is 0 Å². The van der Waals surface area contributed by atoms with Gasteiger partial charge >= 0.3 is 0 Å². The molecule has 3 heteroatoms. The molecule has 0 aliphatic carbocycles. The highest BCUT2D eigenvalue weighted by atomic mass is 32.1. The monoisotopic (exact) mass is 222 g/mol. The van der Waals surface area contributed by atoms with Crippen molar-refractivity contribution in [3.8, 4) is 0 Å². The summed E-state index contributed by atoms with van der Waals surface area (Å²) in [5.41, 5.74) is 1.60. The Hall–Kier alpha value is -0.380. The zero-order chi connectivity index (χ0) is 10.1. The smallest absolute Gasteiger partial charge is 0.0333 e. The average molecular weight is 222 g/mol. The third kappa shape index (κ3) is 1.96. The molecule has 0 saturated carbocycles. The Morgan fingerprint density at radius 1 is 1.33 bits per heavy atom. The lowest BCUT2D eigenvalue weighted by molar-refractivity contribution is 0.149. The van der Waals surface area contributed by atoms with Gasteiger partial charge in [-0.05, 0) is 49.4 Å². The summed E-state index contributed by atoms with van der Waals surface area (Å²) in [4.78, 5) is 4.31. The highest BCUT2D eigenvalue weighted by Gasteiger charge is 2.25. The molecule has 0 atom stereocenters. The van der Waals surface area contributed by atoms with E-state index in [0.717, 1.165) is 6.04 Å². The number of hydrogen-bond donors (Lipinski definition) is 1. The molecule has 1 aromatic rings. The molecule has 0 amide bonds. The number of piperidine rings is 1. The SMILES string of the molecule is c1cc2c(s1)CN(C1CCNCC1)CC2. The number of nitrogens with one attached hydrogen (secondary N) is 1. The molecule has 0 unspecified atom stereocenters. The summed E-state index contributed by atoms with van der Waals surface area (Å²) >= 11 is 1.94. The van der Waals surface area contributed by atoms with Crippen molar-refractivity contribution in [3.05, 3.63) is 21.9 Å². The predicted octanol–water partition coefficient (Wildman–Crippen LogP) is 1.86. The Morgan fingerprint density at radius 2 is 2.20 bits per heavy atom. The standard InChI is InChI=1S/C12H18N2S/c1-5-13-6-2-11(1)14-7-3-10-4-8-15-12(10)9-14/h4,8,11,13H,1-3,5-7,9H2. The summed E-state index contributed by atoms with van der Waals surface area (Å²) in [5.74, 6) is 0. The van der Waals surface area contributed by atoms with Gasteiger partial charge in [-0.2, -0.15) is 0 Å². The molecule has 2 aliphatic heterocycles. The lowest BCUT2D eigenvalue weighted by Crippen LogP contribution is -2.44. The van der Waals surface area contributed by atoms with Crippen molar-refractivity contribution in [2.45, 2.75) is 31.8 Å². The Kier molecular flexibility index (Phi) is 2.77. The van der Waals surface area contributed by atoms with Crippen LogP contribution in [-0.2, 0) is 13.0 Å². The molecule has 1 aromatic heterocycles. The van der Waals surface area contributed by atoms with E-state index in [1.165, 1.54) is 45.4 Å². The molecule has 2 nitrogen and oxygen atoms in total. The first-order chi connectivity index (χ1) is 7.43. The molecule has 1 saturated heterocycles. The molecule has 0 radical (unpaired) electrons. The number of fused-ring (bicyclic) bond motifs is 1. The zero-order valence-electron chi connectivity index (χ0n) is 9.04. The first kappa shape index (κ1) is 9.82. The molecular weight excluding hydrogens is 204 g/mol. The van der Waals surface area contributed by atoms with Crippen LogP contribution < -0.4 is 5.32 Å². The molecule has 1 fully saturated rings. The van der Waals surface area contributed by atoms with E-state index in [0.29, 0.717) is 0 Å². The predicted molar refractivity (Wildman–Crippen MR) is 64.3 cm³/mol. The van der Waals surface area contributed by atoms with Crippen molar-refractivity contribution in [2.24, 2.45) is 0 Å². The summed E-state index contributed by atoms with van der Waals surface area (Å²) in [6.07, 6.45) is 3.93. The van der Waals surface area contributed by atoms with Crippen LogP contribution in [0.25, 0.3) is 0 Å². The molecule has 1 N–H and O–H groups in total. The molecule has 15 heavy (non-hydrogen) atoms. The van der Waals surface area contributed by atoms with Gasteiger partial charge < -0.3 is 5.32 Å². The number of hydrogen-bond acceptors (Lipinski definition) is 3. The van der Waals surface area contributed by atoms with Crippen LogP contribution in [0.3, 0.4) is 0 Å². The Morgan fingerprint density at radius 3 is 3.07 bits per heavy atom. The van der Waals surface area contributed by atoms with Crippen LogP contribution in [0.4, 0.5) is 0 Å². The second kappa shape index (κ2) is 4.24. The van der Waals surface area contributed by atoms with Gasteiger partial charge in [0.25, 0.3) is 0 Å². The minimum Gasteiger partial charge on any atom is -0.317 e. The Labute approximate surface area is 95.3 Å². The van der Waals surface area contributed by atoms with Crippen LogP contribution in [0, 0.1) is 0 Å². The molecule has 2 aliphatic rings. The summed E-state index contributed by atoms with van der Waals surface area (Å²) in [5, 5.41) is 5.69. The summed E-state index contributed by atoms with van der Waals surface area (Å²) in [6, 6.07) is 3.14.